The van der Waals surface area contributed by atoms with Gasteiger partial charge in [0, 0.05) is 6.54 Å². The maximum Gasteiger partial charge on any atom is 0.136 e. The van der Waals surface area contributed by atoms with Crippen LogP contribution in [0.5, 0.6) is 0 Å². The second kappa shape index (κ2) is 6.06. The van der Waals surface area contributed by atoms with E-state index in [0.717, 1.165) is 6.54 Å². The van der Waals surface area contributed by atoms with Crippen LogP contribution in [0.1, 0.15) is 39.4 Å². The van der Waals surface area contributed by atoms with Crippen LogP contribution in [0.2, 0.25) is 0 Å². The van der Waals surface area contributed by atoms with Crippen LogP contribution >= 0.6 is 0 Å². The molecule has 0 saturated carbocycles. The molecular formula is C13H23NO2. The molecule has 1 aromatic heterocycles. The summed E-state index contributed by atoms with van der Waals surface area (Å²) in [4.78, 5) is 0. The third-order valence-corrected chi connectivity index (χ3v) is 2.80. The Kier molecular flexibility index (Phi) is 5.03. The number of rotatable bonds is 7. The van der Waals surface area contributed by atoms with Crippen LogP contribution < -0.4 is 5.32 Å². The molecule has 1 rings (SSSR count). The molecule has 2 unspecified atom stereocenters. The maximum absolute atomic E-state index is 10.2. The molecule has 0 spiro atoms. The Labute approximate surface area is 97.9 Å². The average Bonchev–Trinajstić information content (AvgIpc) is 2.71. The SMILES string of the molecule is CCCC(C)CNCC(C)(O)c1ccco1. The maximum atomic E-state index is 10.2. The minimum Gasteiger partial charge on any atom is -0.466 e. The predicted octanol–water partition coefficient (Wildman–Crippen LogP) is 2.51. The van der Waals surface area contributed by atoms with Crippen molar-refractivity contribution in [2.24, 2.45) is 5.92 Å². The number of hydrogen-bond acceptors (Lipinski definition) is 3. The van der Waals surface area contributed by atoms with Gasteiger partial charge in [0.25, 0.3) is 0 Å². The molecule has 2 N–H and O–H groups in total. The summed E-state index contributed by atoms with van der Waals surface area (Å²) in [6.45, 7) is 7.64. The van der Waals surface area contributed by atoms with Gasteiger partial charge in [0.1, 0.15) is 11.4 Å². The van der Waals surface area contributed by atoms with Gasteiger partial charge in [-0.3, -0.25) is 0 Å². The van der Waals surface area contributed by atoms with Gasteiger partial charge in [-0.05, 0) is 37.9 Å². The lowest BCUT2D eigenvalue weighted by atomic mass is 10.0. The highest BCUT2D eigenvalue weighted by atomic mass is 16.4. The van der Waals surface area contributed by atoms with E-state index in [1.807, 2.05) is 0 Å². The van der Waals surface area contributed by atoms with E-state index in [9.17, 15) is 5.11 Å². The molecular weight excluding hydrogens is 202 g/mol. The van der Waals surface area contributed by atoms with E-state index in [2.05, 4.69) is 19.2 Å². The first-order valence-corrected chi connectivity index (χ1v) is 6.03. The lowest BCUT2D eigenvalue weighted by Crippen LogP contribution is -2.37. The first kappa shape index (κ1) is 13.3. The van der Waals surface area contributed by atoms with Crippen molar-refractivity contribution < 1.29 is 9.52 Å². The van der Waals surface area contributed by atoms with Crippen LogP contribution in [0, 0.1) is 5.92 Å². The Morgan fingerprint density at radius 3 is 2.88 bits per heavy atom. The Morgan fingerprint density at radius 2 is 2.31 bits per heavy atom. The minimum absolute atomic E-state index is 0.522. The third kappa shape index (κ3) is 3.99. The largest absolute Gasteiger partial charge is 0.466 e. The van der Waals surface area contributed by atoms with Gasteiger partial charge in [-0.15, -0.1) is 0 Å². The van der Waals surface area contributed by atoms with Crippen LogP contribution in [-0.4, -0.2) is 18.2 Å². The molecule has 2 atom stereocenters. The summed E-state index contributed by atoms with van der Waals surface area (Å²) in [7, 11) is 0. The molecule has 3 nitrogen and oxygen atoms in total. The quantitative estimate of drug-likeness (QED) is 0.749. The number of hydrogen-bond donors (Lipinski definition) is 2. The molecule has 0 fully saturated rings. The fourth-order valence-corrected chi connectivity index (χ4v) is 1.83. The topological polar surface area (TPSA) is 45.4 Å². The summed E-state index contributed by atoms with van der Waals surface area (Å²) in [6, 6.07) is 3.60. The first-order valence-electron chi connectivity index (χ1n) is 6.03. The second-order valence-electron chi connectivity index (χ2n) is 4.78. The molecule has 0 amide bonds. The highest BCUT2D eigenvalue weighted by Crippen LogP contribution is 2.19. The van der Waals surface area contributed by atoms with E-state index < -0.39 is 5.60 Å². The van der Waals surface area contributed by atoms with Crippen LogP contribution in [0.15, 0.2) is 22.8 Å². The summed E-state index contributed by atoms with van der Waals surface area (Å²) < 4.78 is 5.21. The van der Waals surface area contributed by atoms with E-state index in [0.29, 0.717) is 18.2 Å². The average molecular weight is 225 g/mol. The molecule has 92 valence electrons. The first-order chi connectivity index (χ1) is 7.56. The van der Waals surface area contributed by atoms with Crippen molar-refractivity contribution in [1.82, 2.24) is 5.32 Å². The molecule has 3 heteroatoms. The fraction of sp³-hybridized carbons (Fsp3) is 0.692. The van der Waals surface area contributed by atoms with Crippen molar-refractivity contribution >= 4 is 0 Å². The summed E-state index contributed by atoms with van der Waals surface area (Å²) in [5.74, 6) is 1.26. The van der Waals surface area contributed by atoms with Crippen molar-refractivity contribution in [2.75, 3.05) is 13.1 Å². The molecule has 1 aromatic rings. The lowest BCUT2D eigenvalue weighted by molar-refractivity contribution is 0.0336. The summed E-state index contributed by atoms with van der Waals surface area (Å²) in [5, 5.41) is 13.4. The summed E-state index contributed by atoms with van der Waals surface area (Å²) in [5.41, 5.74) is -0.921. The van der Waals surface area contributed by atoms with E-state index in [1.54, 1.807) is 25.3 Å². The Bertz CT molecular complexity index is 280. The molecule has 0 saturated heterocycles. The highest BCUT2D eigenvalue weighted by Gasteiger charge is 2.25. The van der Waals surface area contributed by atoms with Crippen LogP contribution in [0.4, 0.5) is 0 Å². The normalized spacial score (nSPS) is 17.0. The van der Waals surface area contributed by atoms with E-state index in [-0.39, 0.29) is 0 Å². The van der Waals surface area contributed by atoms with Gasteiger partial charge in [-0.1, -0.05) is 20.3 Å². The summed E-state index contributed by atoms with van der Waals surface area (Å²) >= 11 is 0. The molecule has 1 heterocycles. The van der Waals surface area contributed by atoms with Crippen molar-refractivity contribution in [3.63, 3.8) is 0 Å². The zero-order valence-corrected chi connectivity index (χ0v) is 10.5. The molecule has 0 aliphatic rings. The lowest BCUT2D eigenvalue weighted by Gasteiger charge is -2.22. The van der Waals surface area contributed by atoms with Gasteiger partial charge in [-0.2, -0.15) is 0 Å². The van der Waals surface area contributed by atoms with E-state index >= 15 is 0 Å². The van der Waals surface area contributed by atoms with E-state index in [1.165, 1.54) is 12.8 Å². The highest BCUT2D eigenvalue weighted by molar-refractivity contribution is 5.08. The second-order valence-corrected chi connectivity index (χ2v) is 4.78. The number of aliphatic hydroxyl groups is 1. The predicted molar refractivity (Wildman–Crippen MR) is 65.2 cm³/mol. The zero-order valence-electron chi connectivity index (χ0n) is 10.5. The summed E-state index contributed by atoms with van der Waals surface area (Å²) in [6.07, 6.45) is 4.01. The van der Waals surface area contributed by atoms with Gasteiger partial charge in [0.2, 0.25) is 0 Å². The standard InChI is InChI=1S/C13H23NO2/c1-4-6-11(2)9-14-10-13(3,15)12-7-5-8-16-12/h5,7-8,11,14-15H,4,6,9-10H2,1-3H3. The Hall–Kier alpha value is -0.800. The van der Waals surface area contributed by atoms with Gasteiger partial charge in [0.15, 0.2) is 0 Å². The minimum atomic E-state index is -0.921. The third-order valence-electron chi connectivity index (χ3n) is 2.80. The van der Waals surface area contributed by atoms with Crippen molar-refractivity contribution in [2.45, 2.75) is 39.2 Å². The molecule has 0 radical (unpaired) electrons. The molecule has 16 heavy (non-hydrogen) atoms. The van der Waals surface area contributed by atoms with Crippen LogP contribution in [0.3, 0.4) is 0 Å². The van der Waals surface area contributed by atoms with Crippen LogP contribution in [0.25, 0.3) is 0 Å². The van der Waals surface area contributed by atoms with Gasteiger partial charge >= 0.3 is 0 Å². The Balaban J connectivity index is 2.32. The molecule has 0 aromatic carbocycles. The Morgan fingerprint density at radius 1 is 1.56 bits per heavy atom. The van der Waals surface area contributed by atoms with Crippen molar-refractivity contribution in [1.29, 1.82) is 0 Å². The number of furan rings is 1. The molecule has 0 aliphatic heterocycles. The smallest absolute Gasteiger partial charge is 0.136 e. The fourth-order valence-electron chi connectivity index (χ4n) is 1.83. The van der Waals surface area contributed by atoms with Crippen molar-refractivity contribution in [3.8, 4) is 0 Å². The zero-order chi connectivity index (χ0) is 12.0. The van der Waals surface area contributed by atoms with Gasteiger partial charge in [-0.25, -0.2) is 0 Å². The van der Waals surface area contributed by atoms with E-state index in [4.69, 9.17) is 4.42 Å². The molecule has 0 bridgehead atoms. The van der Waals surface area contributed by atoms with Crippen LogP contribution in [-0.2, 0) is 5.60 Å². The van der Waals surface area contributed by atoms with Gasteiger partial charge < -0.3 is 14.8 Å². The van der Waals surface area contributed by atoms with Gasteiger partial charge in [0.05, 0.1) is 6.26 Å². The monoisotopic (exact) mass is 225 g/mol. The number of nitrogens with one attached hydrogen (secondary N) is 1. The molecule has 0 aliphatic carbocycles. The van der Waals surface area contributed by atoms with Crippen molar-refractivity contribution in [3.05, 3.63) is 24.2 Å².